The minimum absolute atomic E-state index is 0.0993. The second-order valence-corrected chi connectivity index (χ2v) is 4.80. The molecule has 2 aromatic rings. The van der Waals surface area contributed by atoms with Crippen LogP contribution in [0.2, 0.25) is 0 Å². The number of rotatable bonds is 4. The number of aromatic nitrogens is 1. The SMILES string of the molecule is N#Cc1cccnc1OC1CN(C(=O)/C=C/c2ccco2)C1. The van der Waals surface area contributed by atoms with Gasteiger partial charge in [-0.1, -0.05) is 0 Å². The Hall–Kier alpha value is -3.07. The summed E-state index contributed by atoms with van der Waals surface area (Å²) >= 11 is 0. The van der Waals surface area contributed by atoms with Crippen molar-refractivity contribution in [1.82, 2.24) is 9.88 Å². The fourth-order valence-corrected chi connectivity index (χ4v) is 2.07. The van der Waals surface area contributed by atoms with Crippen molar-refractivity contribution < 1.29 is 13.9 Å². The molecule has 0 saturated carbocycles. The molecule has 6 nitrogen and oxygen atoms in total. The fraction of sp³-hybridized carbons (Fsp3) is 0.188. The number of carbonyl (C=O) groups excluding carboxylic acids is 1. The summed E-state index contributed by atoms with van der Waals surface area (Å²) in [6.45, 7) is 0.950. The largest absolute Gasteiger partial charge is 0.470 e. The Balaban J connectivity index is 1.52. The maximum Gasteiger partial charge on any atom is 0.246 e. The summed E-state index contributed by atoms with van der Waals surface area (Å²) in [7, 11) is 0. The molecule has 1 saturated heterocycles. The number of likely N-dealkylation sites (tertiary alicyclic amines) is 1. The Bertz CT molecular complexity index is 725. The first kappa shape index (κ1) is 13.9. The smallest absolute Gasteiger partial charge is 0.246 e. The van der Waals surface area contributed by atoms with E-state index in [1.807, 2.05) is 6.07 Å². The van der Waals surface area contributed by atoms with E-state index in [0.717, 1.165) is 0 Å². The maximum absolute atomic E-state index is 11.9. The zero-order valence-corrected chi connectivity index (χ0v) is 11.7. The molecule has 22 heavy (non-hydrogen) atoms. The zero-order chi connectivity index (χ0) is 15.4. The van der Waals surface area contributed by atoms with Crippen LogP contribution in [0.1, 0.15) is 11.3 Å². The van der Waals surface area contributed by atoms with Crippen LogP contribution in [0.5, 0.6) is 5.88 Å². The van der Waals surface area contributed by atoms with Gasteiger partial charge >= 0.3 is 0 Å². The summed E-state index contributed by atoms with van der Waals surface area (Å²) in [6.07, 6.45) is 6.09. The molecule has 110 valence electrons. The second-order valence-electron chi connectivity index (χ2n) is 4.80. The highest BCUT2D eigenvalue weighted by Gasteiger charge is 2.31. The van der Waals surface area contributed by atoms with Gasteiger partial charge in [-0.3, -0.25) is 4.79 Å². The maximum atomic E-state index is 11.9. The van der Waals surface area contributed by atoms with Gasteiger partial charge in [-0.05, 0) is 30.3 Å². The van der Waals surface area contributed by atoms with Gasteiger partial charge in [0, 0.05) is 12.3 Å². The van der Waals surface area contributed by atoms with E-state index in [9.17, 15) is 4.79 Å². The molecule has 0 unspecified atom stereocenters. The molecule has 3 heterocycles. The normalized spacial score (nSPS) is 14.6. The highest BCUT2D eigenvalue weighted by atomic mass is 16.5. The van der Waals surface area contributed by atoms with Gasteiger partial charge in [-0.2, -0.15) is 5.26 Å². The van der Waals surface area contributed by atoms with E-state index in [-0.39, 0.29) is 12.0 Å². The van der Waals surface area contributed by atoms with Crippen molar-refractivity contribution in [3.8, 4) is 11.9 Å². The molecule has 0 atom stereocenters. The van der Waals surface area contributed by atoms with Gasteiger partial charge in [0.2, 0.25) is 11.8 Å². The topological polar surface area (TPSA) is 79.4 Å². The van der Waals surface area contributed by atoms with Crippen LogP contribution >= 0.6 is 0 Å². The van der Waals surface area contributed by atoms with Crippen molar-refractivity contribution in [1.29, 1.82) is 5.26 Å². The Morgan fingerprint density at radius 1 is 1.45 bits per heavy atom. The molecule has 3 rings (SSSR count). The minimum atomic E-state index is -0.136. The van der Waals surface area contributed by atoms with Crippen molar-refractivity contribution in [3.63, 3.8) is 0 Å². The van der Waals surface area contributed by atoms with E-state index in [0.29, 0.717) is 30.3 Å². The molecule has 1 fully saturated rings. The van der Waals surface area contributed by atoms with Gasteiger partial charge in [0.25, 0.3) is 0 Å². The third kappa shape index (κ3) is 2.99. The van der Waals surface area contributed by atoms with Crippen molar-refractivity contribution in [3.05, 3.63) is 54.1 Å². The summed E-state index contributed by atoms with van der Waals surface area (Å²) in [4.78, 5) is 17.6. The van der Waals surface area contributed by atoms with E-state index >= 15 is 0 Å². The number of nitrogens with zero attached hydrogens (tertiary/aromatic N) is 3. The first-order valence-electron chi connectivity index (χ1n) is 6.78. The lowest BCUT2D eigenvalue weighted by Crippen LogP contribution is -2.55. The molecular formula is C16H13N3O3. The monoisotopic (exact) mass is 295 g/mol. The first-order chi connectivity index (χ1) is 10.8. The number of hydrogen-bond acceptors (Lipinski definition) is 5. The van der Waals surface area contributed by atoms with Crippen molar-refractivity contribution in [2.24, 2.45) is 0 Å². The van der Waals surface area contributed by atoms with Crippen LogP contribution in [0.15, 0.2) is 47.2 Å². The highest BCUT2D eigenvalue weighted by Crippen LogP contribution is 2.19. The van der Waals surface area contributed by atoms with Crippen LogP contribution in [0, 0.1) is 11.3 Å². The van der Waals surface area contributed by atoms with Crippen LogP contribution in [-0.2, 0) is 4.79 Å². The number of pyridine rings is 1. The minimum Gasteiger partial charge on any atom is -0.470 e. The van der Waals surface area contributed by atoms with E-state index < -0.39 is 0 Å². The average Bonchev–Trinajstić information content (AvgIpc) is 3.02. The van der Waals surface area contributed by atoms with Crippen LogP contribution in [-0.4, -0.2) is 35.0 Å². The number of hydrogen-bond donors (Lipinski definition) is 0. The van der Waals surface area contributed by atoms with Gasteiger partial charge < -0.3 is 14.1 Å². The van der Waals surface area contributed by atoms with Gasteiger partial charge in [0.05, 0.1) is 19.4 Å². The summed E-state index contributed by atoms with van der Waals surface area (Å²) in [5, 5.41) is 8.97. The quantitative estimate of drug-likeness (QED) is 0.804. The predicted octanol–water partition coefficient (Wildman–Crippen LogP) is 1.85. The molecule has 0 aromatic carbocycles. The van der Waals surface area contributed by atoms with Crippen LogP contribution in [0.3, 0.4) is 0 Å². The summed E-state index contributed by atoms with van der Waals surface area (Å²) in [5.41, 5.74) is 0.394. The molecular weight excluding hydrogens is 282 g/mol. The molecule has 0 bridgehead atoms. The molecule has 0 spiro atoms. The number of furan rings is 1. The fourth-order valence-electron chi connectivity index (χ4n) is 2.07. The Kier molecular flexibility index (Phi) is 3.88. The Morgan fingerprint density at radius 3 is 3.05 bits per heavy atom. The number of amides is 1. The van der Waals surface area contributed by atoms with Gasteiger partial charge in [-0.25, -0.2) is 4.98 Å². The van der Waals surface area contributed by atoms with Crippen LogP contribution < -0.4 is 4.74 Å². The van der Waals surface area contributed by atoms with Gasteiger partial charge in [-0.15, -0.1) is 0 Å². The molecule has 1 amide bonds. The molecule has 1 aliphatic heterocycles. The van der Waals surface area contributed by atoms with Crippen LogP contribution in [0.25, 0.3) is 6.08 Å². The highest BCUT2D eigenvalue weighted by molar-refractivity contribution is 5.92. The lowest BCUT2D eigenvalue weighted by Gasteiger charge is -2.38. The first-order valence-corrected chi connectivity index (χ1v) is 6.78. The molecule has 2 aromatic heterocycles. The van der Waals surface area contributed by atoms with Gasteiger partial charge in [0.15, 0.2) is 0 Å². The molecule has 0 aliphatic carbocycles. The summed E-state index contributed by atoms with van der Waals surface area (Å²) < 4.78 is 10.8. The zero-order valence-electron chi connectivity index (χ0n) is 11.7. The lowest BCUT2D eigenvalue weighted by molar-refractivity contribution is -0.134. The molecule has 0 radical (unpaired) electrons. The van der Waals surface area contributed by atoms with E-state index in [1.54, 1.807) is 47.7 Å². The summed E-state index contributed by atoms with van der Waals surface area (Å²) in [6, 6.07) is 8.90. The van der Waals surface area contributed by atoms with Crippen LogP contribution in [0.4, 0.5) is 0 Å². The Labute approximate surface area is 127 Å². The van der Waals surface area contributed by atoms with Gasteiger partial charge in [0.1, 0.15) is 23.5 Å². The average molecular weight is 295 g/mol. The van der Waals surface area contributed by atoms with E-state index in [2.05, 4.69) is 4.98 Å². The molecule has 1 aliphatic rings. The number of carbonyl (C=O) groups is 1. The third-order valence-electron chi connectivity index (χ3n) is 3.26. The lowest BCUT2D eigenvalue weighted by atomic mass is 10.1. The summed E-state index contributed by atoms with van der Waals surface area (Å²) in [5.74, 6) is 0.847. The van der Waals surface area contributed by atoms with E-state index in [4.69, 9.17) is 14.4 Å². The standard InChI is InChI=1S/C16H13N3O3/c17-9-12-3-1-7-18-16(12)22-14-10-19(11-14)15(20)6-5-13-4-2-8-21-13/h1-8,14H,10-11H2/b6-5+. The molecule has 6 heteroatoms. The Morgan fingerprint density at radius 2 is 2.32 bits per heavy atom. The van der Waals surface area contributed by atoms with Crippen molar-refractivity contribution in [2.75, 3.05) is 13.1 Å². The van der Waals surface area contributed by atoms with Crippen molar-refractivity contribution >= 4 is 12.0 Å². The predicted molar refractivity (Wildman–Crippen MR) is 77.7 cm³/mol. The second kappa shape index (κ2) is 6.14. The number of nitriles is 1. The van der Waals surface area contributed by atoms with Crippen molar-refractivity contribution in [2.45, 2.75) is 6.10 Å². The third-order valence-corrected chi connectivity index (χ3v) is 3.26. The molecule has 0 N–H and O–H groups in total. The number of ether oxygens (including phenoxy) is 1. The van der Waals surface area contributed by atoms with E-state index in [1.165, 1.54) is 6.08 Å².